The molecule has 2 aromatic rings. The van der Waals surface area contributed by atoms with Crippen LogP contribution in [0.1, 0.15) is 50.5 Å². The Hall–Kier alpha value is -2.52. The third kappa shape index (κ3) is 5.63. The number of halogens is 1. The zero-order valence-electron chi connectivity index (χ0n) is 19.0. The molecule has 3 rings (SSSR count). The zero-order valence-corrected chi connectivity index (χ0v) is 19.0. The van der Waals surface area contributed by atoms with Gasteiger partial charge in [0.25, 0.3) is 5.91 Å². The molecule has 1 aromatic heterocycles. The maximum Gasteiger partial charge on any atom is 0.273 e. The molecule has 9 heteroatoms. The molecule has 0 aliphatic heterocycles. The van der Waals surface area contributed by atoms with Crippen molar-refractivity contribution in [1.29, 1.82) is 0 Å². The van der Waals surface area contributed by atoms with Crippen LogP contribution in [0.2, 0.25) is 0 Å². The lowest BCUT2D eigenvalue weighted by Crippen LogP contribution is -2.54. The summed E-state index contributed by atoms with van der Waals surface area (Å²) in [6, 6.07) is 3.43. The number of carbonyl (C=O) groups is 2. The smallest absolute Gasteiger partial charge is 0.273 e. The summed E-state index contributed by atoms with van der Waals surface area (Å²) in [5.74, 6) is -0.630. The monoisotopic (exact) mass is 447 g/mol. The molecule has 0 bridgehead atoms. The van der Waals surface area contributed by atoms with E-state index in [1.807, 2.05) is 20.8 Å². The summed E-state index contributed by atoms with van der Waals surface area (Å²) < 4.78 is 15.5. The van der Waals surface area contributed by atoms with Gasteiger partial charge in [-0.3, -0.25) is 14.3 Å². The minimum atomic E-state index is -0.779. The van der Waals surface area contributed by atoms with E-state index in [1.165, 1.54) is 12.1 Å². The number of fused-ring (bicyclic) bond motifs is 1. The highest BCUT2D eigenvalue weighted by atomic mass is 19.1. The lowest BCUT2D eigenvalue weighted by atomic mass is 9.86. The number of benzene rings is 1. The van der Waals surface area contributed by atoms with E-state index in [9.17, 15) is 19.1 Å². The molecule has 1 saturated carbocycles. The van der Waals surface area contributed by atoms with Gasteiger partial charge in [-0.2, -0.15) is 5.10 Å². The fourth-order valence-electron chi connectivity index (χ4n) is 3.88. The molecule has 2 amide bonds. The number of amides is 2. The van der Waals surface area contributed by atoms with Crippen molar-refractivity contribution in [3.05, 3.63) is 29.7 Å². The number of nitrogens with one attached hydrogen (secondary N) is 2. The molecule has 1 aliphatic carbocycles. The van der Waals surface area contributed by atoms with Gasteiger partial charge in [-0.1, -0.05) is 20.8 Å². The van der Waals surface area contributed by atoms with Gasteiger partial charge < -0.3 is 21.5 Å². The third-order valence-electron chi connectivity index (χ3n) is 6.00. The average Bonchev–Trinajstić information content (AvgIpc) is 3.42. The Morgan fingerprint density at radius 3 is 2.69 bits per heavy atom. The summed E-state index contributed by atoms with van der Waals surface area (Å²) in [7, 11) is 0. The first-order chi connectivity index (χ1) is 15.2. The normalized spacial score (nSPS) is 19.1. The highest BCUT2D eigenvalue weighted by molar-refractivity contribution is 6.06. The largest absolute Gasteiger partial charge is 0.396 e. The number of nitrogens with zero attached hydrogens (tertiary/aromatic N) is 2. The molecule has 1 aliphatic rings. The van der Waals surface area contributed by atoms with Crippen molar-refractivity contribution in [3.8, 4) is 0 Å². The van der Waals surface area contributed by atoms with Crippen molar-refractivity contribution in [2.45, 2.75) is 52.6 Å². The molecule has 1 heterocycles. The van der Waals surface area contributed by atoms with Gasteiger partial charge in [0.15, 0.2) is 5.69 Å². The van der Waals surface area contributed by atoms with Gasteiger partial charge in [0.2, 0.25) is 5.91 Å². The number of hydrogen-bond acceptors (Lipinski definition) is 5. The van der Waals surface area contributed by atoms with Crippen LogP contribution in [0.15, 0.2) is 18.2 Å². The summed E-state index contributed by atoms with van der Waals surface area (Å²) in [6.07, 6.45) is 2.45. The van der Waals surface area contributed by atoms with Crippen LogP contribution in [-0.4, -0.2) is 52.4 Å². The first-order valence-corrected chi connectivity index (χ1v) is 11.2. The number of aromatic nitrogens is 2. The molecule has 8 nitrogen and oxygen atoms in total. The number of aliphatic hydroxyl groups is 1. The number of carbonyl (C=O) groups excluding carboxylic acids is 2. The van der Waals surface area contributed by atoms with Crippen LogP contribution >= 0.6 is 0 Å². The number of unbranched alkanes of at least 4 members (excludes halogenated alkanes) is 1. The van der Waals surface area contributed by atoms with E-state index >= 15 is 0 Å². The Morgan fingerprint density at radius 2 is 2.06 bits per heavy atom. The second kappa shape index (κ2) is 9.95. The Bertz CT molecular complexity index is 968. The van der Waals surface area contributed by atoms with Gasteiger partial charge in [-0.25, -0.2) is 4.39 Å². The van der Waals surface area contributed by atoms with E-state index < -0.39 is 23.2 Å². The quantitative estimate of drug-likeness (QED) is 0.414. The fraction of sp³-hybridized carbons (Fsp3) is 0.609. The molecular formula is C23H34FN5O3. The standard InChI is InChI=1S/C23H34FN5O3/c1-23(2,3)20(22(32)26-12-14-10-15(14)13-30)27-21(31)19-17-7-6-16(24)11-18(17)29(28-19)9-5-4-8-25/h6-7,11,14-15,20,30H,4-5,8-10,12-13,25H2,1-3H3,(H,26,32)(H,27,31)/t14-,15-,20?/m1/s1. The van der Waals surface area contributed by atoms with Crippen molar-refractivity contribution in [2.75, 3.05) is 19.7 Å². The minimum absolute atomic E-state index is 0.127. The Kier molecular flexibility index (Phi) is 7.51. The van der Waals surface area contributed by atoms with E-state index in [0.717, 1.165) is 19.3 Å². The topological polar surface area (TPSA) is 122 Å². The van der Waals surface area contributed by atoms with Crippen LogP contribution in [0.25, 0.3) is 10.9 Å². The highest BCUT2D eigenvalue weighted by Gasteiger charge is 2.38. The van der Waals surface area contributed by atoms with E-state index in [1.54, 1.807) is 10.7 Å². The molecule has 5 N–H and O–H groups in total. The van der Waals surface area contributed by atoms with Gasteiger partial charge in [0, 0.05) is 25.1 Å². The predicted octanol–water partition coefficient (Wildman–Crippen LogP) is 1.80. The number of rotatable bonds is 10. The summed E-state index contributed by atoms with van der Waals surface area (Å²) in [5.41, 5.74) is 5.73. The van der Waals surface area contributed by atoms with Crippen molar-refractivity contribution in [2.24, 2.45) is 23.0 Å². The lowest BCUT2D eigenvalue weighted by molar-refractivity contribution is -0.125. The zero-order chi connectivity index (χ0) is 23.5. The SMILES string of the molecule is CC(C)(C)C(NC(=O)c1nn(CCCCN)c2cc(F)ccc12)C(=O)NC[C@H]1C[C@@H]1CO. The van der Waals surface area contributed by atoms with Gasteiger partial charge in [0.1, 0.15) is 11.9 Å². The Labute approximate surface area is 187 Å². The number of hydrogen-bond donors (Lipinski definition) is 4. The van der Waals surface area contributed by atoms with E-state index in [0.29, 0.717) is 30.5 Å². The van der Waals surface area contributed by atoms with Crippen LogP contribution in [0, 0.1) is 23.1 Å². The number of aliphatic hydroxyl groups excluding tert-OH is 1. The Balaban J connectivity index is 1.78. The molecule has 1 fully saturated rings. The van der Waals surface area contributed by atoms with Crippen LogP contribution < -0.4 is 16.4 Å². The van der Waals surface area contributed by atoms with Crippen LogP contribution in [-0.2, 0) is 11.3 Å². The van der Waals surface area contributed by atoms with Crippen molar-refractivity contribution in [3.63, 3.8) is 0 Å². The molecule has 0 radical (unpaired) electrons. The molecular weight excluding hydrogens is 413 g/mol. The molecule has 0 saturated heterocycles. The lowest BCUT2D eigenvalue weighted by Gasteiger charge is -2.30. The second-order valence-electron chi connectivity index (χ2n) is 9.69. The van der Waals surface area contributed by atoms with Gasteiger partial charge in [0.05, 0.1) is 5.52 Å². The molecule has 0 spiro atoms. The molecule has 1 unspecified atom stereocenters. The fourth-order valence-corrected chi connectivity index (χ4v) is 3.88. The molecule has 3 atom stereocenters. The van der Waals surface area contributed by atoms with Gasteiger partial charge in [-0.05, 0) is 61.3 Å². The van der Waals surface area contributed by atoms with Crippen molar-refractivity contribution >= 4 is 22.7 Å². The predicted molar refractivity (Wildman–Crippen MR) is 120 cm³/mol. The first kappa shape index (κ1) is 24.1. The number of nitrogens with two attached hydrogens (primary N) is 1. The van der Waals surface area contributed by atoms with E-state index in [2.05, 4.69) is 15.7 Å². The maximum absolute atomic E-state index is 13.9. The van der Waals surface area contributed by atoms with E-state index in [4.69, 9.17) is 5.73 Å². The summed E-state index contributed by atoms with van der Waals surface area (Å²) in [5, 5.41) is 19.9. The number of aryl methyl sites for hydroxylation is 1. The van der Waals surface area contributed by atoms with Gasteiger partial charge in [-0.15, -0.1) is 0 Å². The second-order valence-corrected chi connectivity index (χ2v) is 9.69. The van der Waals surface area contributed by atoms with Crippen LogP contribution in [0.4, 0.5) is 4.39 Å². The van der Waals surface area contributed by atoms with E-state index in [-0.39, 0.29) is 30.0 Å². The minimum Gasteiger partial charge on any atom is -0.396 e. The molecule has 1 aromatic carbocycles. The van der Waals surface area contributed by atoms with Crippen molar-refractivity contribution in [1.82, 2.24) is 20.4 Å². The third-order valence-corrected chi connectivity index (χ3v) is 6.00. The average molecular weight is 448 g/mol. The summed E-state index contributed by atoms with van der Waals surface area (Å²) in [6.45, 7) is 7.30. The highest BCUT2D eigenvalue weighted by Crippen LogP contribution is 2.37. The first-order valence-electron chi connectivity index (χ1n) is 11.2. The van der Waals surface area contributed by atoms with Crippen molar-refractivity contribution < 1.29 is 19.1 Å². The summed E-state index contributed by atoms with van der Waals surface area (Å²) in [4.78, 5) is 26.1. The molecule has 32 heavy (non-hydrogen) atoms. The maximum atomic E-state index is 13.9. The van der Waals surface area contributed by atoms with Crippen LogP contribution in [0.5, 0.6) is 0 Å². The molecule has 176 valence electrons. The van der Waals surface area contributed by atoms with Gasteiger partial charge >= 0.3 is 0 Å². The Morgan fingerprint density at radius 1 is 1.31 bits per heavy atom. The van der Waals surface area contributed by atoms with Crippen LogP contribution in [0.3, 0.4) is 0 Å². The summed E-state index contributed by atoms with van der Waals surface area (Å²) >= 11 is 0.